The molecule has 0 radical (unpaired) electrons. The fourth-order valence-corrected chi connectivity index (χ4v) is 2.72. The number of phenolic OH excluding ortho intramolecular Hbond substituents is 1. The Kier molecular flexibility index (Phi) is 4.08. The SMILES string of the molecule is C/C(=N\NC(=O)c1cc(C)ccc1O)c1cc2ccccc2n1C. The van der Waals surface area contributed by atoms with Gasteiger partial charge in [0.05, 0.1) is 17.0 Å². The predicted molar refractivity (Wildman–Crippen MR) is 95.4 cm³/mol. The summed E-state index contributed by atoms with van der Waals surface area (Å²) < 4.78 is 2.03. The van der Waals surface area contributed by atoms with E-state index in [1.54, 1.807) is 12.1 Å². The molecule has 0 saturated heterocycles. The Morgan fingerprint density at radius 1 is 1.17 bits per heavy atom. The van der Waals surface area contributed by atoms with Gasteiger partial charge in [0.2, 0.25) is 0 Å². The molecule has 0 aliphatic rings. The van der Waals surface area contributed by atoms with Crippen molar-refractivity contribution in [2.75, 3.05) is 0 Å². The molecule has 0 bridgehead atoms. The number of para-hydroxylation sites is 1. The van der Waals surface area contributed by atoms with Crippen LogP contribution in [0.1, 0.15) is 28.5 Å². The minimum Gasteiger partial charge on any atom is -0.507 e. The fraction of sp³-hybridized carbons (Fsp3) is 0.158. The molecule has 122 valence electrons. The van der Waals surface area contributed by atoms with Crippen molar-refractivity contribution in [2.24, 2.45) is 12.1 Å². The normalized spacial score (nSPS) is 11.7. The van der Waals surface area contributed by atoms with E-state index in [1.807, 2.05) is 55.8 Å². The van der Waals surface area contributed by atoms with Crippen LogP contribution in [0.3, 0.4) is 0 Å². The Bertz CT molecular complexity index is 954. The molecule has 0 fully saturated rings. The lowest BCUT2D eigenvalue weighted by Crippen LogP contribution is -2.20. The monoisotopic (exact) mass is 321 g/mol. The molecule has 1 heterocycles. The summed E-state index contributed by atoms with van der Waals surface area (Å²) in [5.74, 6) is -0.495. The first-order valence-corrected chi connectivity index (χ1v) is 7.66. The van der Waals surface area contributed by atoms with Gasteiger partial charge < -0.3 is 9.67 Å². The quantitative estimate of drug-likeness (QED) is 0.574. The minimum absolute atomic E-state index is 0.0597. The zero-order chi connectivity index (χ0) is 17.3. The van der Waals surface area contributed by atoms with Crippen molar-refractivity contribution in [3.8, 4) is 5.75 Å². The molecule has 24 heavy (non-hydrogen) atoms. The van der Waals surface area contributed by atoms with E-state index in [2.05, 4.69) is 10.5 Å². The van der Waals surface area contributed by atoms with Gasteiger partial charge in [0.15, 0.2) is 0 Å². The van der Waals surface area contributed by atoms with Crippen molar-refractivity contribution in [2.45, 2.75) is 13.8 Å². The zero-order valence-corrected chi connectivity index (χ0v) is 13.9. The minimum atomic E-state index is -0.436. The molecular formula is C19H19N3O2. The highest BCUT2D eigenvalue weighted by molar-refractivity contribution is 6.03. The van der Waals surface area contributed by atoms with E-state index in [4.69, 9.17) is 0 Å². The van der Waals surface area contributed by atoms with Gasteiger partial charge in [0, 0.05) is 18.0 Å². The van der Waals surface area contributed by atoms with Crippen LogP contribution < -0.4 is 5.43 Å². The topological polar surface area (TPSA) is 66.6 Å². The number of fused-ring (bicyclic) bond motifs is 1. The molecule has 2 N–H and O–H groups in total. The summed E-state index contributed by atoms with van der Waals surface area (Å²) in [6.45, 7) is 3.70. The van der Waals surface area contributed by atoms with Crippen molar-refractivity contribution in [3.63, 3.8) is 0 Å². The second kappa shape index (κ2) is 6.20. The summed E-state index contributed by atoms with van der Waals surface area (Å²) in [5, 5.41) is 15.1. The van der Waals surface area contributed by atoms with E-state index in [0.29, 0.717) is 5.71 Å². The molecule has 0 saturated carbocycles. The Morgan fingerprint density at radius 3 is 2.67 bits per heavy atom. The highest BCUT2D eigenvalue weighted by Crippen LogP contribution is 2.20. The van der Waals surface area contributed by atoms with Crippen LogP contribution in [0.15, 0.2) is 53.6 Å². The van der Waals surface area contributed by atoms with Crippen molar-refractivity contribution in [3.05, 3.63) is 65.4 Å². The Hall–Kier alpha value is -3.08. The molecular weight excluding hydrogens is 302 g/mol. The van der Waals surface area contributed by atoms with Gasteiger partial charge in [-0.3, -0.25) is 4.79 Å². The number of hydrogen-bond acceptors (Lipinski definition) is 3. The molecule has 1 amide bonds. The maximum absolute atomic E-state index is 12.2. The van der Waals surface area contributed by atoms with Crippen molar-refractivity contribution < 1.29 is 9.90 Å². The van der Waals surface area contributed by atoms with E-state index >= 15 is 0 Å². The molecule has 0 aliphatic heterocycles. The van der Waals surface area contributed by atoms with E-state index in [1.165, 1.54) is 6.07 Å². The summed E-state index contributed by atoms with van der Waals surface area (Å²) in [7, 11) is 1.96. The Balaban J connectivity index is 1.86. The van der Waals surface area contributed by atoms with Crippen LogP contribution in [-0.2, 0) is 7.05 Å². The largest absolute Gasteiger partial charge is 0.507 e. The van der Waals surface area contributed by atoms with E-state index in [-0.39, 0.29) is 11.3 Å². The number of carbonyl (C=O) groups is 1. The van der Waals surface area contributed by atoms with Crippen LogP contribution in [0.4, 0.5) is 0 Å². The molecule has 0 spiro atoms. The number of hydrogen-bond donors (Lipinski definition) is 2. The Labute approximate surface area is 140 Å². The number of phenols is 1. The van der Waals surface area contributed by atoms with E-state index in [0.717, 1.165) is 22.2 Å². The number of rotatable bonds is 3. The zero-order valence-electron chi connectivity index (χ0n) is 13.9. The Morgan fingerprint density at radius 2 is 1.92 bits per heavy atom. The number of nitrogens with one attached hydrogen (secondary N) is 1. The average Bonchev–Trinajstić information content (AvgIpc) is 2.92. The first-order valence-electron chi connectivity index (χ1n) is 7.66. The number of nitrogens with zero attached hydrogens (tertiary/aromatic N) is 2. The molecule has 3 rings (SSSR count). The summed E-state index contributed by atoms with van der Waals surface area (Å²) in [4.78, 5) is 12.2. The lowest BCUT2D eigenvalue weighted by atomic mass is 10.1. The van der Waals surface area contributed by atoms with E-state index < -0.39 is 5.91 Å². The molecule has 3 aromatic rings. The van der Waals surface area contributed by atoms with Crippen molar-refractivity contribution in [1.29, 1.82) is 0 Å². The van der Waals surface area contributed by atoms with Crippen molar-refractivity contribution in [1.82, 2.24) is 9.99 Å². The van der Waals surface area contributed by atoms with Crippen molar-refractivity contribution >= 4 is 22.5 Å². The van der Waals surface area contributed by atoms with Crippen LogP contribution in [0, 0.1) is 6.92 Å². The number of aryl methyl sites for hydroxylation is 2. The molecule has 0 aliphatic carbocycles. The van der Waals surface area contributed by atoms with Gasteiger partial charge in [0.1, 0.15) is 5.75 Å². The number of aromatic nitrogens is 1. The summed E-state index contributed by atoms with van der Waals surface area (Å²) in [5.41, 5.74) is 6.33. The molecule has 0 atom stereocenters. The highest BCUT2D eigenvalue weighted by Gasteiger charge is 2.12. The lowest BCUT2D eigenvalue weighted by molar-refractivity contribution is 0.0952. The predicted octanol–water partition coefficient (Wildman–Crippen LogP) is 3.35. The molecule has 5 heteroatoms. The lowest BCUT2D eigenvalue weighted by Gasteiger charge is -2.06. The van der Waals surface area contributed by atoms with Crippen LogP contribution in [-0.4, -0.2) is 21.3 Å². The second-order valence-corrected chi connectivity index (χ2v) is 5.81. The van der Waals surface area contributed by atoms with Gasteiger partial charge >= 0.3 is 0 Å². The number of amides is 1. The number of carbonyl (C=O) groups excluding carboxylic acids is 1. The first-order chi connectivity index (χ1) is 11.5. The second-order valence-electron chi connectivity index (χ2n) is 5.81. The van der Waals surface area contributed by atoms with Crippen LogP contribution >= 0.6 is 0 Å². The standard InChI is InChI=1S/C19H19N3O2/c1-12-8-9-18(23)15(10-12)19(24)21-20-13(2)17-11-14-6-4-5-7-16(14)22(17)3/h4-11,23H,1-3H3,(H,21,24)/b20-13+. The molecule has 2 aromatic carbocycles. The van der Waals surface area contributed by atoms with Gasteiger partial charge in [0.25, 0.3) is 5.91 Å². The van der Waals surface area contributed by atoms with Crippen LogP contribution in [0.2, 0.25) is 0 Å². The molecule has 1 aromatic heterocycles. The first kappa shape index (κ1) is 15.8. The average molecular weight is 321 g/mol. The summed E-state index contributed by atoms with van der Waals surface area (Å²) >= 11 is 0. The third-order valence-electron chi connectivity index (χ3n) is 4.04. The molecule has 5 nitrogen and oxygen atoms in total. The van der Waals surface area contributed by atoms with Gasteiger partial charge in [-0.15, -0.1) is 0 Å². The number of aromatic hydroxyl groups is 1. The van der Waals surface area contributed by atoms with Gasteiger partial charge in [-0.05, 0) is 38.1 Å². The summed E-state index contributed by atoms with van der Waals surface area (Å²) in [6.07, 6.45) is 0. The van der Waals surface area contributed by atoms with Crippen LogP contribution in [0.25, 0.3) is 10.9 Å². The van der Waals surface area contributed by atoms with Gasteiger partial charge in [-0.2, -0.15) is 5.10 Å². The highest BCUT2D eigenvalue weighted by atomic mass is 16.3. The maximum Gasteiger partial charge on any atom is 0.275 e. The van der Waals surface area contributed by atoms with E-state index in [9.17, 15) is 9.90 Å². The third kappa shape index (κ3) is 2.88. The number of hydrazone groups is 1. The fourth-order valence-electron chi connectivity index (χ4n) is 2.72. The van der Waals surface area contributed by atoms with Gasteiger partial charge in [-0.25, -0.2) is 5.43 Å². The maximum atomic E-state index is 12.2. The third-order valence-corrected chi connectivity index (χ3v) is 4.04. The smallest absolute Gasteiger partial charge is 0.275 e. The van der Waals surface area contributed by atoms with Crippen LogP contribution in [0.5, 0.6) is 5.75 Å². The van der Waals surface area contributed by atoms with Gasteiger partial charge in [-0.1, -0.05) is 29.8 Å². The molecule has 0 unspecified atom stereocenters. The number of benzene rings is 2. The summed E-state index contributed by atoms with van der Waals surface area (Å²) in [6, 6.07) is 15.0.